The van der Waals surface area contributed by atoms with Crippen LogP contribution >= 0.6 is 0 Å². The van der Waals surface area contributed by atoms with E-state index in [1.165, 1.54) is 31.2 Å². The van der Waals surface area contributed by atoms with Gasteiger partial charge in [-0.15, -0.1) is 0 Å². The monoisotopic (exact) mass is 182 g/mol. The van der Waals surface area contributed by atoms with Crippen molar-refractivity contribution in [2.45, 2.75) is 19.4 Å². The van der Waals surface area contributed by atoms with E-state index in [1.807, 2.05) is 0 Å². The first kappa shape index (κ1) is 9.86. The van der Waals surface area contributed by atoms with Gasteiger partial charge in [-0.2, -0.15) is 0 Å². The second kappa shape index (κ2) is 4.14. The Balaban J connectivity index is 2.71. The molecule has 0 aromatic heterocycles. The smallest absolute Gasteiger partial charge is 0.132 e. The van der Waals surface area contributed by atoms with Crippen molar-refractivity contribution in [3.63, 3.8) is 0 Å². The number of carbonyl (C=O) groups excluding carboxylic acids is 1. The van der Waals surface area contributed by atoms with Crippen molar-refractivity contribution in [2.24, 2.45) is 0 Å². The number of aliphatic hydroxyl groups excluding tert-OH is 1. The third kappa shape index (κ3) is 2.95. The first-order chi connectivity index (χ1) is 6.09. The topological polar surface area (TPSA) is 37.3 Å². The van der Waals surface area contributed by atoms with Crippen LogP contribution in [0, 0.1) is 5.82 Å². The summed E-state index contributed by atoms with van der Waals surface area (Å²) < 4.78 is 12.5. The highest BCUT2D eigenvalue weighted by Crippen LogP contribution is 2.16. The van der Waals surface area contributed by atoms with E-state index >= 15 is 0 Å². The number of hydrogen-bond donors (Lipinski definition) is 1. The summed E-state index contributed by atoms with van der Waals surface area (Å²) in [5.74, 6) is -0.435. The molecule has 0 spiro atoms. The van der Waals surface area contributed by atoms with Crippen LogP contribution in [0.4, 0.5) is 4.39 Å². The summed E-state index contributed by atoms with van der Waals surface area (Å²) >= 11 is 0. The quantitative estimate of drug-likeness (QED) is 0.774. The molecule has 1 aromatic carbocycles. The zero-order valence-corrected chi connectivity index (χ0v) is 7.33. The van der Waals surface area contributed by atoms with Crippen LogP contribution in [0.2, 0.25) is 0 Å². The molecular weight excluding hydrogens is 171 g/mol. The van der Waals surface area contributed by atoms with E-state index in [2.05, 4.69) is 0 Å². The van der Waals surface area contributed by atoms with Gasteiger partial charge in [-0.3, -0.25) is 4.79 Å². The largest absolute Gasteiger partial charge is 0.388 e. The number of aliphatic hydroxyl groups is 1. The van der Waals surface area contributed by atoms with Crippen LogP contribution < -0.4 is 0 Å². The normalized spacial score (nSPS) is 12.5. The van der Waals surface area contributed by atoms with Gasteiger partial charge in [-0.05, 0) is 24.6 Å². The van der Waals surface area contributed by atoms with E-state index in [1.54, 1.807) is 0 Å². The molecule has 1 aromatic rings. The number of ketones is 1. The molecule has 1 N–H and O–H groups in total. The molecule has 0 amide bonds. The summed E-state index contributed by atoms with van der Waals surface area (Å²) in [6, 6.07) is 5.48. The second-order valence-corrected chi connectivity index (χ2v) is 2.97. The maximum absolute atomic E-state index is 12.5. The van der Waals surface area contributed by atoms with Gasteiger partial charge in [0.2, 0.25) is 0 Å². The lowest BCUT2D eigenvalue weighted by Gasteiger charge is -2.07. The highest BCUT2D eigenvalue weighted by atomic mass is 19.1. The van der Waals surface area contributed by atoms with Gasteiger partial charge in [-0.25, -0.2) is 4.39 Å². The Bertz CT molecular complexity index is 292. The standard InChI is InChI=1S/C10H11FO2/c1-7(12)6-10(13)8-2-4-9(11)5-3-8/h2-5,10,13H,6H2,1H3/t10-/m0/s1. The summed E-state index contributed by atoms with van der Waals surface area (Å²) in [7, 11) is 0. The van der Waals surface area contributed by atoms with Crippen LogP contribution in [0.5, 0.6) is 0 Å². The van der Waals surface area contributed by atoms with Crippen LogP contribution in [-0.4, -0.2) is 10.9 Å². The van der Waals surface area contributed by atoms with Crippen molar-refractivity contribution < 1.29 is 14.3 Å². The van der Waals surface area contributed by atoms with Gasteiger partial charge in [0.25, 0.3) is 0 Å². The average molecular weight is 182 g/mol. The third-order valence-electron chi connectivity index (χ3n) is 1.74. The minimum Gasteiger partial charge on any atom is -0.388 e. The number of rotatable bonds is 3. The lowest BCUT2D eigenvalue weighted by molar-refractivity contribution is -0.118. The van der Waals surface area contributed by atoms with E-state index in [0.717, 1.165) is 0 Å². The Labute approximate surface area is 76.0 Å². The Morgan fingerprint density at radius 1 is 1.46 bits per heavy atom. The summed E-state index contributed by atoms with van der Waals surface area (Å²) in [5, 5.41) is 9.44. The van der Waals surface area contributed by atoms with Crippen LogP contribution in [0.15, 0.2) is 24.3 Å². The number of Topliss-reactive ketones (excluding diaryl/α,β-unsaturated/α-hetero) is 1. The minimum atomic E-state index is -0.821. The molecular formula is C10H11FO2. The Hall–Kier alpha value is -1.22. The molecule has 0 heterocycles. The molecule has 1 rings (SSSR count). The van der Waals surface area contributed by atoms with Gasteiger partial charge in [0, 0.05) is 6.42 Å². The average Bonchev–Trinajstić information content (AvgIpc) is 2.04. The molecule has 0 aliphatic carbocycles. The number of carbonyl (C=O) groups is 1. The third-order valence-corrected chi connectivity index (χ3v) is 1.74. The molecule has 0 aliphatic rings. The van der Waals surface area contributed by atoms with Gasteiger partial charge in [0.15, 0.2) is 0 Å². The fraction of sp³-hybridized carbons (Fsp3) is 0.300. The predicted octanol–water partition coefficient (Wildman–Crippen LogP) is 1.84. The highest BCUT2D eigenvalue weighted by Gasteiger charge is 2.09. The molecule has 0 unspecified atom stereocenters. The van der Waals surface area contributed by atoms with E-state index in [0.29, 0.717) is 5.56 Å². The molecule has 70 valence electrons. The summed E-state index contributed by atoms with van der Waals surface area (Å²) in [6.45, 7) is 1.41. The fourth-order valence-corrected chi connectivity index (χ4v) is 1.08. The second-order valence-electron chi connectivity index (χ2n) is 2.97. The van der Waals surface area contributed by atoms with Gasteiger partial charge in [0.05, 0.1) is 6.10 Å². The Morgan fingerprint density at radius 2 is 2.00 bits per heavy atom. The molecule has 0 radical (unpaired) electrons. The Morgan fingerprint density at radius 3 is 2.46 bits per heavy atom. The van der Waals surface area contributed by atoms with Crippen molar-refractivity contribution in [1.82, 2.24) is 0 Å². The van der Waals surface area contributed by atoms with Gasteiger partial charge in [0.1, 0.15) is 11.6 Å². The number of hydrogen-bond acceptors (Lipinski definition) is 2. The number of halogens is 1. The Kier molecular flexibility index (Phi) is 3.14. The van der Waals surface area contributed by atoms with Gasteiger partial charge in [-0.1, -0.05) is 12.1 Å². The van der Waals surface area contributed by atoms with E-state index in [4.69, 9.17) is 0 Å². The lowest BCUT2D eigenvalue weighted by atomic mass is 10.1. The molecule has 0 aliphatic heterocycles. The molecule has 0 saturated carbocycles. The molecule has 13 heavy (non-hydrogen) atoms. The van der Waals surface area contributed by atoms with Crippen LogP contribution in [0.1, 0.15) is 25.0 Å². The van der Waals surface area contributed by atoms with E-state index in [-0.39, 0.29) is 18.0 Å². The van der Waals surface area contributed by atoms with Gasteiger partial charge >= 0.3 is 0 Å². The molecule has 0 fully saturated rings. The molecule has 2 nitrogen and oxygen atoms in total. The van der Waals surface area contributed by atoms with E-state index in [9.17, 15) is 14.3 Å². The zero-order chi connectivity index (χ0) is 9.84. The molecule has 3 heteroatoms. The maximum Gasteiger partial charge on any atom is 0.132 e. The fourth-order valence-electron chi connectivity index (χ4n) is 1.08. The number of benzene rings is 1. The van der Waals surface area contributed by atoms with Crippen molar-refractivity contribution in [3.8, 4) is 0 Å². The first-order valence-corrected chi connectivity index (χ1v) is 4.02. The van der Waals surface area contributed by atoms with Gasteiger partial charge < -0.3 is 5.11 Å². The van der Waals surface area contributed by atoms with Crippen molar-refractivity contribution in [1.29, 1.82) is 0 Å². The summed E-state index contributed by atoms with van der Waals surface area (Å²) in [5.41, 5.74) is 0.566. The molecule has 0 bridgehead atoms. The summed E-state index contributed by atoms with van der Waals surface area (Å²) in [4.78, 5) is 10.7. The van der Waals surface area contributed by atoms with E-state index < -0.39 is 6.10 Å². The van der Waals surface area contributed by atoms with Crippen LogP contribution in [0.3, 0.4) is 0 Å². The minimum absolute atomic E-state index is 0.0750. The highest BCUT2D eigenvalue weighted by molar-refractivity contribution is 5.76. The zero-order valence-electron chi connectivity index (χ0n) is 7.33. The predicted molar refractivity (Wildman–Crippen MR) is 46.7 cm³/mol. The SMILES string of the molecule is CC(=O)C[C@H](O)c1ccc(F)cc1. The van der Waals surface area contributed by atoms with Crippen molar-refractivity contribution in [2.75, 3.05) is 0 Å². The van der Waals surface area contributed by atoms with Crippen molar-refractivity contribution >= 4 is 5.78 Å². The maximum atomic E-state index is 12.5. The van der Waals surface area contributed by atoms with Crippen LogP contribution in [0.25, 0.3) is 0 Å². The van der Waals surface area contributed by atoms with Crippen molar-refractivity contribution in [3.05, 3.63) is 35.6 Å². The lowest BCUT2D eigenvalue weighted by Crippen LogP contribution is -2.02. The molecule has 0 saturated heterocycles. The van der Waals surface area contributed by atoms with Crippen LogP contribution in [-0.2, 0) is 4.79 Å². The first-order valence-electron chi connectivity index (χ1n) is 4.02. The summed E-state index contributed by atoms with van der Waals surface area (Å²) in [6.07, 6.45) is -0.746. The molecule has 1 atom stereocenters.